The van der Waals surface area contributed by atoms with Gasteiger partial charge in [0.2, 0.25) is 0 Å². The molecule has 1 saturated carbocycles. The van der Waals surface area contributed by atoms with Crippen molar-refractivity contribution in [1.29, 1.82) is 0 Å². The van der Waals surface area contributed by atoms with Crippen molar-refractivity contribution >= 4 is 17.5 Å². The third-order valence-corrected chi connectivity index (χ3v) is 2.55. The molecular weight excluding hydrogens is 214 g/mol. The van der Waals surface area contributed by atoms with Crippen LogP contribution in [0.3, 0.4) is 0 Å². The lowest BCUT2D eigenvalue weighted by molar-refractivity contribution is 0.0963. The molecule has 1 fully saturated rings. The molecule has 0 aliphatic heterocycles. The molecule has 2 rings (SSSR count). The fourth-order valence-corrected chi connectivity index (χ4v) is 1.52. The predicted molar refractivity (Wildman–Crippen MR) is 58.5 cm³/mol. The van der Waals surface area contributed by atoms with Crippen LogP contribution in [0.5, 0.6) is 5.75 Å². The lowest BCUT2D eigenvalue weighted by atomic mass is 10.2. The standard InChI is InChI=1S/C11H12ClNO2/c1-13-11(14)9-5-4-8(6-10(9)12)15-7-2-3-7/h4-7H,2-3H2,1H3,(H,13,14). The predicted octanol–water partition coefficient (Wildman–Crippen LogP) is 2.24. The summed E-state index contributed by atoms with van der Waals surface area (Å²) in [6.45, 7) is 0. The second kappa shape index (κ2) is 4.11. The van der Waals surface area contributed by atoms with Gasteiger partial charge in [0.05, 0.1) is 16.7 Å². The minimum absolute atomic E-state index is 0.182. The highest BCUT2D eigenvalue weighted by atomic mass is 35.5. The van der Waals surface area contributed by atoms with Gasteiger partial charge in [0.25, 0.3) is 5.91 Å². The van der Waals surface area contributed by atoms with E-state index in [1.54, 1.807) is 25.2 Å². The molecule has 80 valence electrons. The lowest BCUT2D eigenvalue weighted by Gasteiger charge is -2.07. The number of amides is 1. The zero-order chi connectivity index (χ0) is 10.8. The number of ether oxygens (including phenoxy) is 1. The summed E-state index contributed by atoms with van der Waals surface area (Å²) < 4.78 is 5.56. The first kappa shape index (κ1) is 10.3. The molecule has 1 amide bonds. The Kier molecular flexibility index (Phi) is 2.82. The highest BCUT2D eigenvalue weighted by Crippen LogP contribution is 2.29. The van der Waals surface area contributed by atoms with Gasteiger partial charge in [0.15, 0.2) is 0 Å². The molecule has 3 nitrogen and oxygen atoms in total. The van der Waals surface area contributed by atoms with Crippen LogP contribution >= 0.6 is 11.6 Å². The van der Waals surface area contributed by atoms with Crippen molar-refractivity contribution in [2.24, 2.45) is 0 Å². The third kappa shape index (κ3) is 2.42. The molecular formula is C11H12ClNO2. The largest absolute Gasteiger partial charge is 0.490 e. The van der Waals surface area contributed by atoms with Gasteiger partial charge in [0.1, 0.15) is 5.75 Å². The Hall–Kier alpha value is -1.22. The molecule has 1 aliphatic rings. The molecule has 1 aromatic rings. The van der Waals surface area contributed by atoms with Crippen molar-refractivity contribution < 1.29 is 9.53 Å². The van der Waals surface area contributed by atoms with Crippen LogP contribution in [-0.2, 0) is 0 Å². The van der Waals surface area contributed by atoms with E-state index in [1.807, 2.05) is 0 Å². The molecule has 4 heteroatoms. The summed E-state index contributed by atoms with van der Waals surface area (Å²) in [7, 11) is 1.58. The van der Waals surface area contributed by atoms with E-state index in [2.05, 4.69) is 5.32 Å². The van der Waals surface area contributed by atoms with Crippen LogP contribution in [0.15, 0.2) is 18.2 Å². The Morgan fingerprint density at radius 2 is 2.27 bits per heavy atom. The Balaban J connectivity index is 2.17. The summed E-state index contributed by atoms with van der Waals surface area (Å²) in [6, 6.07) is 5.14. The molecule has 0 heterocycles. The fourth-order valence-electron chi connectivity index (χ4n) is 1.27. The summed E-state index contributed by atoms with van der Waals surface area (Å²) in [5.74, 6) is 0.549. The van der Waals surface area contributed by atoms with E-state index >= 15 is 0 Å². The highest BCUT2D eigenvalue weighted by Gasteiger charge is 2.23. The zero-order valence-corrected chi connectivity index (χ0v) is 9.17. The lowest BCUT2D eigenvalue weighted by Crippen LogP contribution is -2.18. The maximum Gasteiger partial charge on any atom is 0.252 e. The summed E-state index contributed by atoms with van der Waals surface area (Å²) in [4.78, 5) is 11.3. The van der Waals surface area contributed by atoms with Crippen molar-refractivity contribution in [3.05, 3.63) is 28.8 Å². The third-order valence-electron chi connectivity index (χ3n) is 2.24. The van der Waals surface area contributed by atoms with Gasteiger partial charge >= 0.3 is 0 Å². The van der Waals surface area contributed by atoms with E-state index < -0.39 is 0 Å². The monoisotopic (exact) mass is 225 g/mol. The first-order chi connectivity index (χ1) is 7.20. The van der Waals surface area contributed by atoms with Gasteiger partial charge in [-0.2, -0.15) is 0 Å². The zero-order valence-electron chi connectivity index (χ0n) is 8.42. The summed E-state index contributed by atoms with van der Waals surface area (Å²) in [6.07, 6.45) is 2.55. The van der Waals surface area contributed by atoms with Crippen molar-refractivity contribution in [1.82, 2.24) is 5.32 Å². The average Bonchev–Trinajstić information content (AvgIpc) is 3.01. The SMILES string of the molecule is CNC(=O)c1ccc(OC2CC2)cc1Cl. The number of benzene rings is 1. The van der Waals surface area contributed by atoms with Gasteiger partial charge in [-0.15, -0.1) is 0 Å². The molecule has 1 aromatic carbocycles. The van der Waals surface area contributed by atoms with Gasteiger partial charge in [-0.25, -0.2) is 0 Å². The first-order valence-electron chi connectivity index (χ1n) is 4.89. The number of hydrogen-bond acceptors (Lipinski definition) is 2. The number of halogens is 1. The molecule has 0 radical (unpaired) electrons. The van der Waals surface area contributed by atoms with Gasteiger partial charge in [-0.1, -0.05) is 11.6 Å². The van der Waals surface area contributed by atoms with Crippen molar-refractivity contribution in [2.45, 2.75) is 18.9 Å². The first-order valence-corrected chi connectivity index (χ1v) is 5.27. The van der Waals surface area contributed by atoms with Gasteiger partial charge in [-0.3, -0.25) is 4.79 Å². The number of rotatable bonds is 3. The molecule has 15 heavy (non-hydrogen) atoms. The Morgan fingerprint density at radius 3 is 2.80 bits per heavy atom. The second-order valence-corrected chi connectivity index (χ2v) is 3.95. The molecule has 1 N–H and O–H groups in total. The summed E-state index contributed by atoms with van der Waals surface area (Å²) >= 11 is 5.97. The Bertz CT molecular complexity index is 388. The number of carbonyl (C=O) groups excluding carboxylic acids is 1. The highest BCUT2D eigenvalue weighted by molar-refractivity contribution is 6.34. The minimum atomic E-state index is -0.182. The maximum atomic E-state index is 11.3. The number of hydrogen-bond donors (Lipinski definition) is 1. The average molecular weight is 226 g/mol. The van der Waals surface area contributed by atoms with Crippen LogP contribution in [0.1, 0.15) is 23.2 Å². The molecule has 0 bridgehead atoms. The van der Waals surface area contributed by atoms with Crippen LogP contribution < -0.4 is 10.1 Å². The molecule has 0 spiro atoms. The Morgan fingerprint density at radius 1 is 1.53 bits per heavy atom. The van der Waals surface area contributed by atoms with Gasteiger partial charge in [-0.05, 0) is 31.0 Å². The van der Waals surface area contributed by atoms with Crippen molar-refractivity contribution in [3.8, 4) is 5.75 Å². The van der Waals surface area contributed by atoms with E-state index in [0.29, 0.717) is 16.7 Å². The van der Waals surface area contributed by atoms with E-state index in [4.69, 9.17) is 16.3 Å². The van der Waals surface area contributed by atoms with Crippen LogP contribution in [-0.4, -0.2) is 19.1 Å². The van der Waals surface area contributed by atoms with E-state index in [0.717, 1.165) is 18.6 Å². The van der Waals surface area contributed by atoms with E-state index in [9.17, 15) is 4.79 Å². The van der Waals surface area contributed by atoms with E-state index in [1.165, 1.54) is 0 Å². The molecule has 1 aliphatic carbocycles. The maximum absolute atomic E-state index is 11.3. The minimum Gasteiger partial charge on any atom is -0.490 e. The second-order valence-electron chi connectivity index (χ2n) is 3.54. The summed E-state index contributed by atoms with van der Waals surface area (Å²) in [5.41, 5.74) is 0.474. The van der Waals surface area contributed by atoms with Crippen LogP contribution in [0.2, 0.25) is 5.02 Å². The summed E-state index contributed by atoms with van der Waals surface area (Å²) in [5, 5.41) is 2.95. The topological polar surface area (TPSA) is 38.3 Å². The van der Waals surface area contributed by atoms with Crippen LogP contribution in [0.25, 0.3) is 0 Å². The molecule has 0 unspecified atom stereocenters. The van der Waals surface area contributed by atoms with Gasteiger partial charge < -0.3 is 10.1 Å². The quantitative estimate of drug-likeness (QED) is 0.857. The smallest absolute Gasteiger partial charge is 0.252 e. The van der Waals surface area contributed by atoms with Gasteiger partial charge in [0, 0.05) is 7.05 Å². The number of nitrogens with one attached hydrogen (secondary N) is 1. The number of carbonyl (C=O) groups is 1. The molecule has 0 atom stereocenters. The molecule has 0 saturated heterocycles. The van der Waals surface area contributed by atoms with Crippen LogP contribution in [0, 0.1) is 0 Å². The van der Waals surface area contributed by atoms with Crippen molar-refractivity contribution in [3.63, 3.8) is 0 Å². The molecule has 0 aromatic heterocycles. The van der Waals surface area contributed by atoms with Crippen LogP contribution in [0.4, 0.5) is 0 Å². The van der Waals surface area contributed by atoms with E-state index in [-0.39, 0.29) is 5.91 Å². The normalized spacial score (nSPS) is 14.8. The van der Waals surface area contributed by atoms with Crippen molar-refractivity contribution in [2.75, 3.05) is 7.05 Å². The fraction of sp³-hybridized carbons (Fsp3) is 0.364. The Labute approximate surface area is 93.4 Å².